The van der Waals surface area contributed by atoms with Gasteiger partial charge in [0.25, 0.3) is 0 Å². The van der Waals surface area contributed by atoms with Crippen molar-refractivity contribution in [3.05, 3.63) is 28.1 Å². The van der Waals surface area contributed by atoms with E-state index in [1.807, 2.05) is 19.1 Å². The molecule has 1 atom stereocenters. The van der Waals surface area contributed by atoms with Crippen molar-refractivity contribution in [2.45, 2.75) is 56.8 Å². The average molecular weight is 430 g/mol. The van der Waals surface area contributed by atoms with Crippen LogP contribution in [0.15, 0.2) is 17.5 Å². The quantitative estimate of drug-likeness (QED) is 0.747. The first kappa shape index (κ1) is 19.8. The number of nitrogens with one attached hydrogen (secondary N) is 1. The van der Waals surface area contributed by atoms with Crippen LogP contribution in [0, 0.1) is 0 Å². The Labute approximate surface area is 180 Å². The highest BCUT2D eigenvalue weighted by Crippen LogP contribution is 2.45. The number of fused-ring (bicyclic) bond motifs is 1. The second kappa shape index (κ2) is 7.51. The van der Waals surface area contributed by atoms with Crippen molar-refractivity contribution in [2.24, 2.45) is 0 Å². The molecule has 1 aromatic heterocycles. The Balaban J connectivity index is 1.58. The molecule has 1 aromatic carbocycles. The first-order valence-electron chi connectivity index (χ1n) is 10.6. The van der Waals surface area contributed by atoms with Crippen molar-refractivity contribution in [3.8, 4) is 17.0 Å². The van der Waals surface area contributed by atoms with E-state index in [1.165, 1.54) is 11.3 Å². The Morgan fingerprint density at radius 1 is 1.33 bits per heavy atom. The highest BCUT2D eigenvalue weighted by molar-refractivity contribution is 7.10. The Bertz CT molecular complexity index is 962. The summed E-state index contributed by atoms with van der Waals surface area (Å²) >= 11 is 1.61. The fourth-order valence-electron chi connectivity index (χ4n) is 4.43. The largest absolute Gasteiger partial charge is 0.489 e. The van der Waals surface area contributed by atoms with Crippen molar-refractivity contribution < 1.29 is 19.4 Å². The van der Waals surface area contributed by atoms with Gasteiger partial charge in [-0.1, -0.05) is 0 Å². The van der Waals surface area contributed by atoms with Gasteiger partial charge in [0.15, 0.2) is 0 Å². The number of anilines is 1. The van der Waals surface area contributed by atoms with Crippen molar-refractivity contribution in [1.29, 1.82) is 0 Å². The Kier molecular flexibility index (Phi) is 4.95. The fourth-order valence-corrected chi connectivity index (χ4v) is 5.43. The number of carbonyl (C=O) groups is 1. The average Bonchev–Trinajstić information content (AvgIpc) is 3.13. The molecule has 2 fully saturated rings. The van der Waals surface area contributed by atoms with Crippen molar-refractivity contribution >= 4 is 23.1 Å². The topological polar surface area (TPSA) is 83.9 Å². The molecule has 7 nitrogen and oxygen atoms in total. The third-order valence-corrected chi connectivity index (χ3v) is 7.70. The number of aromatic nitrogens is 1. The summed E-state index contributed by atoms with van der Waals surface area (Å²) in [7, 11) is 1.73. The van der Waals surface area contributed by atoms with Crippen LogP contribution >= 0.6 is 11.3 Å². The summed E-state index contributed by atoms with van der Waals surface area (Å²) in [5.41, 5.74) is 3.20. The number of ether oxygens (including phenoxy) is 2. The van der Waals surface area contributed by atoms with E-state index in [-0.39, 0.29) is 17.7 Å². The highest BCUT2D eigenvalue weighted by atomic mass is 32.1. The van der Waals surface area contributed by atoms with Crippen LogP contribution in [-0.4, -0.2) is 48.5 Å². The van der Waals surface area contributed by atoms with Crippen molar-refractivity contribution in [2.75, 3.05) is 25.1 Å². The van der Waals surface area contributed by atoms with Crippen molar-refractivity contribution in [3.63, 3.8) is 0 Å². The maximum atomic E-state index is 11.9. The summed E-state index contributed by atoms with van der Waals surface area (Å²) in [6.07, 6.45) is 4.14. The van der Waals surface area contributed by atoms with Crippen LogP contribution in [0.3, 0.4) is 0 Å². The predicted octanol–water partition coefficient (Wildman–Crippen LogP) is 4.01. The van der Waals surface area contributed by atoms with Gasteiger partial charge in [-0.05, 0) is 51.2 Å². The maximum absolute atomic E-state index is 11.9. The van der Waals surface area contributed by atoms with Gasteiger partial charge in [0.1, 0.15) is 16.4 Å². The lowest BCUT2D eigenvalue weighted by Gasteiger charge is -2.39. The van der Waals surface area contributed by atoms with Crippen LogP contribution < -0.4 is 15.0 Å². The molecule has 1 saturated heterocycles. The highest BCUT2D eigenvalue weighted by Gasteiger charge is 2.42. The summed E-state index contributed by atoms with van der Waals surface area (Å²) in [5.74, 6) is 0.811. The summed E-state index contributed by atoms with van der Waals surface area (Å²) in [6, 6.07) is 3.84. The van der Waals surface area contributed by atoms with E-state index in [0.717, 1.165) is 72.0 Å². The zero-order valence-electron chi connectivity index (χ0n) is 17.3. The number of hydrogen-bond donors (Lipinski definition) is 2. The molecule has 3 aliphatic rings. The van der Waals surface area contributed by atoms with Gasteiger partial charge in [-0.2, -0.15) is 0 Å². The first-order valence-corrected chi connectivity index (χ1v) is 11.5. The summed E-state index contributed by atoms with van der Waals surface area (Å²) in [5, 5.41) is 16.1. The molecule has 0 unspecified atom stereocenters. The van der Waals surface area contributed by atoms with Gasteiger partial charge in [0.2, 0.25) is 0 Å². The lowest BCUT2D eigenvalue weighted by Crippen LogP contribution is -2.57. The second-order valence-electron chi connectivity index (χ2n) is 8.49. The minimum Gasteiger partial charge on any atom is -0.489 e. The second-order valence-corrected chi connectivity index (χ2v) is 9.35. The predicted molar refractivity (Wildman–Crippen MR) is 116 cm³/mol. The van der Waals surface area contributed by atoms with E-state index in [1.54, 1.807) is 18.4 Å². The van der Waals surface area contributed by atoms with E-state index in [4.69, 9.17) is 14.5 Å². The molecular weight excluding hydrogens is 402 g/mol. The lowest BCUT2D eigenvalue weighted by molar-refractivity contribution is -0.0565. The summed E-state index contributed by atoms with van der Waals surface area (Å²) in [6.45, 7) is 3.48. The van der Waals surface area contributed by atoms with Crippen LogP contribution in [0.2, 0.25) is 0 Å². The van der Waals surface area contributed by atoms with Gasteiger partial charge in [0.05, 0.1) is 17.5 Å². The minimum absolute atomic E-state index is 0.0454. The standard InChI is InChI=1S/C22H27N3O4S/c1-13-6-7-16-18(25(13)21(26)27)9-8-15(19(16)29-14-4-3-5-14)17-10-30-20(24-17)22(28-2)11-23-12-22/h8-10,13-14,23H,3-7,11-12H2,1-2H3,(H,26,27)/t13-/m0/s1. The van der Waals surface area contributed by atoms with E-state index in [0.29, 0.717) is 0 Å². The first-order chi connectivity index (χ1) is 14.5. The van der Waals surface area contributed by atoms with Gasteiger partial charge >= 0.3 is 6.09 Å². The van der Waals surface area contributed by atoms with E-state index >= 15 is 0 Å². The zero-order valence-corrected chi connectivity index (χ0v) is 18.1. The summed E-state index contributed by atoms with van der Waals surface area (Å²) < 4.78 is 12.2. The molecule has 2 aromatic rings. The normalized spacial score (nSPS) is 22.7. The number of methoxy groups -OCH3 is 1. The molecule has 2 aliphatic heterocycles. The fraction of sp³-hybridized carbons (Fsp3) is 0.545. The summed E-state index contributed by atoms with van der Waals surface area (Å²) in [4.78, 5) is 18.3. The number of amides is 1. The number of hydrogen-bond acceptors (Lipinski definition) is 6. The van der Waals surface area contributed by atoms with E-state index in [9.17, 15) is 9.90 Å². The van der Waals surface area contributed by atoms with Gasteiger partial charge in [-0.15, -0.1) is 11.3 Å². The lowest BCUT2D eigenvalue weighted by atomic mass is 9.92. The smallest absolute Gasteiger partial charge is 0.412 e. The van der Waals surface area contributed by atoms with Crippen LogP contribution in [-0.2, 0) is 16.8 Å². The van der Waals surface area contributed by atoms with Crippen LogP contribution in [0.25, 0.3) is 11.3 Å². The molecule has 30 heavy (non-hydrogen) atoms. The van der Waals surface area contributed by atoms with Crippen LogP contribution in [0.4, 0.5) is 10.5 Å². The molecule has 2 N–H and O–H groups in total. The van der Waals surface area contributed by atoms with Crippen LogP contribution in [0.1, 0.15) is 43.2 Å². The SMILES string of the molecule is COC1(c2nc(-c3ccc4c(c3OC3CCC3)CC[C@H](C)N4C(=O)O)cs2)CNC1. The Hall–Kier alpha value is -2.16. The molecule has 3 heterocycles. The number of thiazole rings is 1. The van der Waals surface area contributed by atoms with Gasteiger partial charge in [0, 0.05) is 42.7 Å². The molecule has 1 saturated carbocycles. The van der Waals surface area contributed by atoms with Crippen molar-refractivity contribution in [1.82, 2.24) is 10.3 Å². The number of nitrogens with zero attached hydrogens (tertiary/aromatic N) is 2. The van der Waals surface area contributed by atoms with Crippen LogP contribution in [0.5, 0.6) is 5.75 Å². The molecule has 1 aliphatic carbocycles. The molecule has 0 spiro atoms. The van der Waals surface area contributed by atoms with E-state index in [2.05, 4.69) is 10.7 Å². The van der Waals surface area contributed by atoms with Gasteiger partial charge < -0.3 is 19.9 Å². The number of benzene rings is 1. The van der Waals surface area contributed by atoms with E-state index < -0.39 is 6.09 Å². The third kappa shape index (κ3) is 3.09. The molecule has 160 valence electrons. The molecule has 0 bridgehead atoms. The molecule has 8 heteroatoms. The molecule has 1 amide bonds. The monoisotopic (exact) mass is 429 g/mol. The zero-order chi connectivity index (χ0) is 20.9. The van der Waals surface area contributed by atoms with Gasteiger partial charge in [-0.25, -0.2) is 9.78 Å². The minimum atomic E-state index is -0.916. The van der Waals surface area contributed by atoms with Gasteiger partial charge in [-0.3, -0.25) is 4.90 Å². The number of carboxylic acid groups (broad SMARTS) is 1. The molecule has 5 rings (SSSR count). The third-order valence-electron chi connectivity index (χ3n) is 6.67. The molecule has 0 radical (unpaired) electrons. The Morgan fingerprint density at radius 3 is 2.73 bits per heavy atom. The molecular formula is C22H27N3O4S. The maximum Gasteiger partial charge on any atom is 0.412 e. The number of rotatable bonds is 5. The Morgan fingerprint density at radius 2 is 2.13 bits per heavy atom.